The number of hydrogen-bond acceptors (Lipinski definition) is 3. The molecular formula is C14H21N3O2. The number of H-pyrrole nitrogens is 1. The predicted molar refractivity (Wildman–Crippen MR) is 74.0 cm³/mol. The summed E-state index contributed by atoms with van der Waals surface area (Å²) in [5.74, 6) is 0.223. The van der Waals surface area contributed by atoms with Gasteiger partial charge in [-0.25, -0.2) is 0 Å². The topological polar surface area (TPSA) is 79.2 Å². The number of nitrogens with zero attached hydrogens (tertiary/aromatic N) is 1. The van der Waals surface area contributed by atoms with Crippen LogP contribution in [-0.4, -0.2) is 35.4 Å². The molecule has 1 aromatic heterocycles. The molecule has 3 N–H and O–H groups in total. The van der Waals surface area contributed by atoms with E-state index in [1.165, 1.54) is 12.5 Å². The standard InChI is InChI=1S/C14H21N3O2/c1-17(12-7-3-2-5-10(12)9-15)14(19)11-6-4-8-13(18)16-11/h4,6,8,10,12H,2-3,5,7,9,15H2,1H3,(H,16,18). The van der Waals surface area contributed by atoms with Gasteiger partial charge in [-0.2, -0.15) is 0 Å². The van der Waals surface area contributed by atoms with Crippen molar-refractivity contribution >= 4 is 5.91 Å². The molecule has 0 radical (unpaired) electrons. The molecule has 2 unspecified atom stereocenters. The van der Waals surface area contributed by atoms with Crippen molar-refractivity contribution in [1.29, 1.82) is 0 Å². The summed E-state index contributed by atoms with van der Waals surface area (Å²) in [4.78, 5) is 28.0. The number of carbonyl (C=O) groups is 1. The molecule has 2 atom stereocenters. The lowest BCUT2D eigenvalue weighted by molar-refractivity contribution is 0.0614. The Kier molecular flexibility index (Phi) is 4.37. The van der Waals surface area contributed by atoms with Crippen LogP contribution in [0.1, 0.15) is 36.2 Å². The van der Waals surface area contributed by atoms with E-state index in [2.05, 4.69) is 4.98 Å². The average molecular weight is 263 g/mol. The third-order valence-electron chi connectivity index (χ3n) is 3.99. The molecule has 5 heteroatoms. The first kappa shape index (κ1) is 13.8. The van der Waals surface area contributed by atoms with Crippen LogP contribution in [0.5, 0.6) is 0 Å². The van der Waals surface area contributed by atoms with Gasteiger partial charge < -0.3 is 15.6 Å². The van der Waals surface area contributed by atoms with Crippen LogP contribution in [0.25, 0.3) is 0 Å². The van der Waals surface area contributed by atoms with Crippen LogP contribution in [0.15, 0.2) is 23.0 Å². The minimum atomic E-state index is -0.252. The molecule has 0 spiro atoms. The average Bonchev–Trinajstić information content (AvgIpc) is 2.45. The van der Waals surface area contributed by atoms with Crippen molar-refractivity contribution in [3.63, 3.8) is 0 Å². The fraction of sp³-hybridized carbons (Fsp3) is 0.571. The van der Waals surface area contributed by atoms with E-state index in [1.807, 2.05) is 0 Å². The molecular weight excluding hydrogens is 242 g/mol. The van der Waals surface area contributed by atoms with Crippen LogP contribution in [0.2, 0.25) is 0 Å². The second-order valence-electron chi connectivity index (χ2n) is 5.19. The van der Waals surface area contributed by atoms with Gasteiger partial charge in [-0.3, -0.25) is 9.59 Å². The van der Waals surface area contributed by atoms with Gasteiger partial charge in [-0.05, 0) is 31.4 Å². The Labute approximate surface area is 112 Å². The van der Waals surface area contributed by atoms with E-state index in [4.69, 9.17) is 5.73 Å². The molecule has 1 aromatic rings. The monoisotopic (exact) mass is 263 g/mol. The largest absolute Gasteiger partial charge is 0.337 e. The molecule has 5 nitrogen and oxygen atoms in total. The zero-order chi connectivity index (χ0) is 13.8. The number of carbonyl (C=O) groups excluding carboxylic acids is 1. The molecule has 1 heterocycles. The van der Waals surface area contributed by atoms with Crippen molar-refractivity contribution in [1.82, 2.24) is 9.88 Å². The van der Waals surface area contributed by atoms with Gasteiger partial charge in [-0.15, -0.1) is 0 Å². The Morgan fingerprint density at radius 2 is 2.16 bits per heavy atom. The molecule has 104 valence electrons. The molecule has 1 saturated carbocycles. The van der Waals surface area contributed by atoms with E-state index in [0.717, 1.165) is 19.3 Å². The Morgan fingerprint density at radius 1 is 1.42 bits per heavy atom. The zero-order valence-corrected chi connectivity index (χ0v) is 11.3. The molecule has 1 fully saturated rings. The first-order valence-corrected chi connectivity index (χ1v) is 6.80. The van der Waals surface area contributed by atoms with Gasteiger partial charge in [0.05, 0.1) is 0 Å². The highest BCUT2D eigenvalue weighted by atomic mass is 16.2. The first-order valence-electron chi connectivity index (χ1n) is 6.80. The number of nitrogens with one attached hydrogen (secondary N) is 1. The highest BCUT2D eigenvalue weighted by Gasteiger charge is 2.30. The Bertz CT molecular complexity index is 497. The normalized spacial score (nSPS) is 23.1. The van der Waals surface area contributed by atoms with Gasteiger partial charge in [-0.1, -0.05) is 18.9 Å². The summed E-state index contributed by atoms with van der Waals surface area (Å²) in [5, 5.41) is 0. The summed E-state index contributed by atoms with van der Waals surface area (Å²) in [6.45, 7) is 0.605. The number of rotatable bonds is 3. The maximum Gasteiger partial charge on any atom is 0.270 e. The number of hydrogen-bond donors (Lipinski definition) is 2. The summed E-state index contributed by atoms with van der Waals surface area (Å²) in [6, 6.07) is 4.82. The molecule has 1 amide bonds. The van der Waals surface area contributed by atoms with E-state index >= 15 is 0 Å². The minimum Gasteiger partial charge on any atom is -0.337 e. The SMILES string of the molecule is CN(C(=O)c1cccc(=O)[nH]1)C1CCCCC1CN. The fourth-order valence-electron chi connectivity index (χ4n) is 2.89. The molecule has 1 aliphatic rings. The summed E-state index contributed by atoms with van der Waals surface area (Å²) >= 11 is 0. The second kappa shape index (κ2) is 6.02. The van der Waals surface area contributed by atoms with E-state index in [1.54, 1.807) is 24.1 Å². The molecule has 2 rings (SSSR count). The molecule has 19 heavy (non-hydrogen) atoms. The highest BCUT2D eigenvalue weighted by Crippen LogP contribution is 2.27. The van der Waals surface area contributed by atoms with Crippen molar-refractivity contribution in [3.05, 3.63) is 34.2 Å². The van der Waals surface area contributed by atoms with Gasteiger partial charge in [0.2, 0.25) is 5.56 Å². The number of aromatic amines is 1. The predicted octanol–water partition coefficient (Wildman–Crippen LogP) is 0.964. The second-order valence-corrected chi connectivity index (χ2v) is 5.19. The molecule has 0 bridgehead atoms. The Balaban J connectivity index is 2.16. The number of pyridine rings is 1. The third kappa shape index (κ3) is 3.04. The summed E-state index contributed by atoms with van der Waals surface area (Å²) in [6.07, 6.45) is 4.37. The van der Waals surface area contributed by atoms with Gasteiger partial charge in [0.25, 0.3) is 5.91 Å². The van der Waals surface area contributed by atoms with E-state index in [0.29, 0.717) is 18.2 Å². The molecule has 0 aromatic carbocycles. The molecule has 0 aliphatic heterocycles. The Morgan fingerprint density at radius 3 is 2.84 bits per heavy atom. The molecule has 1 aliphatic carbocycles. The summed E-state index contributed by atoms with van der Waals surface area (Å²) in [5.41, 5.74) is 5.89. The first-order chi connectivity index (χ1) is 9.13. The van der Waals surface area contributed by atoms with Crippen molar-refractivity contribution < 1.29 is 4.79 Å². The van der Waals surface area contributed by atoms with Crippen molar-refractivity contribution in [2.45, 2.75) is 31.7 Å². The maximum atomic E-state index is 12.4. The number of nitrogens with two attached hydrogens (primary N) is 1. The van der Waals surface area contributed by atoms with Crippen molar-refractivity contribution in [2.24, 2.45) is 11.7 Å². The lowest BCUT2D eigenvalue weighted by atomic mass is 9.83. The van der Waals surface area contributed by atoms with E-state index < -0.39 is 0 Å². The van der Waals surface area contributed by atoms with Crippen LogP contribution in [0.3, 0.4) is 0 Å². The summed E-state index contributed by atoms with van der Waals surface area (Å²) < 4.78 is 0. The van der Waals surface area contributed by atoms with Crippen LogP contribution in [-0.2, 0) is 0 Å². The van der Waals surface area contributed by atoms with Crippen LogP contribution >= 0.6 is 0 Å². The fourth-order valence-corrected chi connectivity index (χ4v) is 2.89. The highest BCUT2D eigenvalue weighted by molar-refractivity contribution is 5.92. The quantitative estimate of drug-likeness (QED) is 0.852. The van der Waals surface area contributed by atoms with Gasteiger partial charge in [0, 0.05) is 19.2 Å². The summed E-state index contributed by atoms with van der Waals surface area (Å²) in [7, 11) is 1.80. The van der Waals surface area contributed by atoms with Crippen molar-refractivity contribution in [3.8, 4) is 0 Å². The zero-order valence-electron chi connectivity index (χ0n) is 11.3. The van der Waals surface area contributed by atoms with E-state index in [-0.39, 0.29) is 17.5 Å². The van der Waals surface area contributed by atoms with Gasteiger partial charge in [0.15, 0.2) is 0 Å². The van der Waals surface area contributed by atoms with E-state index in [9.17, 15) is 9.59 Å². The third-order valence-corrected chi connectivity index (χ3v) is 3.99. The van der Waals surface area contributed by atoms with Gasteiger partial charge in [0.1, 0.15) is 5.69 Å². The van der Waals surface area contributed by atoms with Crippen LogP contribution in [0.4, 0.5) is 0 Å². The van der Waals surface area contributed by atoms with Crippen molar-refractivity contribution in [2.75, 3.05) is 13.6 Å². The lowest BCUT2D eigenvalue weighted by Crippen LogP contribution is -2.46. The van der Waals surface area contributed by atoms with Crippen LogP contribution < -0.4 is 11.3 Å². The van der Waals surface area contributed by atoms with Crippen LogP contribution in [0, 0.1) is 5.92 Å². The van der Waals surface area contributed by atoms with Gasteiger partial charge >= 0.3 is 0 Å². The maximum absolute atomic E-state index is 12.4. The smallest absolute Gasteiger partial charge is 0.270 e. The minimum absolute atomic E-state index is 0.136. The number of aromatic nitrogens is 1. The number of amides is 1. The lowest BCUT2D eigenvalue weighted by Gasteiger charge is -2.37. The Hall–Kier alpha value is -1.62. The molecule has 0 saturated heterocycles.